The topological polar surface area (TPSA) is 68.7 Å². The first-order valence-electron chi connectivity index (χ1n) is 7.16. The van der Waals surface area contributed by atoms with Gasteiger partial charge in [0.25, 0.3) is 0 Å². The summed E-state index contributed by atoms with van der Waals surface area (Å²) < 4.78 is 11.1. The van der Waals surface area contributed by atoms with Crippen LogP contribution in [0.25, 0.3) is 0 Å². The maximum absolute atomic E-state index is 10.9. The third-order valence-corrected chi connectivity index (χ3v) is 3.12. The molecule has 0 saturated carbocycles. The Balaban J connectivity index is 2.10. The lowest BCUT2D eigenvalue weighted by atomic mass is 10.2. The van der Waals surface area contributed by atoms with E-state index < -0.39 is 0 Å². The highest BCUT2D eigenvalue weighted by molar-refractivity contribution is 5.76. The molecule has 0 fully saturated rings. The van der Waals surface area contributed by atoms with E-state index in [-0.39, 0.29) is 19.8 Å². The van der Waals surface area contributed by atoms with Crippen LogP contribution in [-0.2, 0) is 13.0 Å². The van der Waals surface area contributed by atoms with Crippen LogP contribution in [0.15, 0.2) is 36.5 Å². The normalized spacial score (nSPS) is 10.3. The molecule has 2 rings (SSSR count). The minimum absolute atomic E-state index is 0.0884. The lowest BCUT2D eigenvalue weighted by Gasteiger charge is -2.12. The van der Waals surface area contributed by atoms with Gasteiger partial charge in [-0.25, -0.2) is 0 Å². The molecule has 1 aromatic carbocycles. The van der Waals surface area contributed by atoms with Gasteiger partial charge in [0, 0.05) is 11.8 Å². The fourth-order valence-electron chi connectivity index (χ4n) is 1.89. The van der Waals surface area contributed by atoms with Crippen LogP contribution in [0.2, 0.25) is 0 Å². The zero-order valence-corrected chi connectivity index (χ0v) is 12.5. The van der Waals surface area contributed by atoms with Gasteiger partial charge in [-0.05, 0) is 36.2 Å². The molecule has 2 aromatic rings. The van der Waals surface area contributed by atoms with Crippen LogP contribution >= 0.6 is 0 Å². The summed E-state index contributed by atoms with van der Waals surface area (Å²) in [6.07, 6.45) is 3.51. The zero-order valence-electron chi connectivity index (χ0n) is 12.5. The largest absolute Gasteiger partial charge is 0.487 e. The molecule has 0 unspecified atom stereocenters. The van der Waals surface area contributed by atoms with Gasteiger partial charge < -0.3 is 14.6 Å². The molecule has 0 aliphatic carbocycles. The summed E-state index contributed by atoms with van der Waals surface area (Å²) in [7, 11) is 0. The molecular formula is C17H19NO4. The highest BCUT2D eigenvalue weighted by Crippen LogP contribution is 2.28. The molecular weight excluding hydrogens is 282 g/mol. The van der Waals surface area contributed by atoms with Gasteiger partial charge in [0.1, 0.15) is 19.5 Å². The van der Waals surface area contributed by atoms with E-state index in [9.17, 15) is 4.79 Å². The van der Waals surface area contributed by atoms with Gasteiger partial charge in [-0.15, -0.1) is 0 Å². The van der Waals surface area contributed by atoms with Crippen molar-refractivity contribution in [3.63, 3.8) is 0 Å². The maximum Gasteiger partial charge on any atom is 0.162 e. The second-order valence-corrected chi connectivity index (χ2v) is 4.70. The Kier molecular flexibility index (Phi) is 5.91. The highest BCUT2D eigenvalue weighted by Gasteiger charge is 2.08. The number of rotatable bonds is 8. The number of aromatic nitrogens is 1. The first-order chi connectivity index (χ1) is 10.8. The number of hydrogen-bond acceptors (Lipinski definition) is 5. The van der Waals surface area contributed by atoms with Gasteiger partial charge in [-0.2, -0.15) is 0 Å². The Labute approximate surface area is 129 Å². The van der Waals surface area contributed by atoms with Crippen molar-refractivity contribution in [2.45, 2.75) is 20.0 Å². The van der Waals surface area contributed by atoms with Crippen molar-refractivity contribution in [3.8, 4) is 11.5 Å². The van der Waals surface area contributed by atoms with E-state index in [1.807, 2.05) is 18.3 Å². The number of aldehydes is 1. The number of benzene rings is 1. The summed E-state index contributed by atoms with van der Waals surface area (Å²) in [5, 5.41) is 8.84. The van der Waals surface area contributed by atoms with Crippen molar-refractivity contribution < 1.29 is 19.4 Å². The van der Waals surface area contributed by atoms with Crippen LogP contribution in [0.1, 0.15) is 28.5 Å². The molecule has 5 nitrogen and oxygen atoms in total. The van der Waals surface area contributed by atoms with Crippen LogP contribution < -0.4 is 9.47 Å². The average Bonchev–Trinajstić information content (AvgIpc) is 2.58. The molecule has 22 heavy (non-hydrogen) atoms. The number of nitrogens with zero attached hydrogens (tertiary/aromatic N) is 1. The summed E-state index contributed by atoms with van der Waals surface area (Å²) >= 11 is 0. The fourth-order valence-corrected chi connectivity index (χ4v) is 1.89. The van der Waals surface area contributed by atoms with Crippen molar-refractivity contribution in [3.05, 3.63) is 53.3 Å². The van der Waals surface area contributed by atoms with E-state index in [2.05, 4.69) is 11.9 Å². The molecule has 0 aliphatic heterocycles. The van der Waals surface area contributed by atoms with Gasteiger partial charge in [0.2, 0.25) is 0 Å². The average molecular weight is 301 g/mol. The molecule has 0 spiro atoms. The van der Waals surface area contributed by atoms with Crippen molar-refractivity contribution >= 4 is 6.29 Å². The minimum atomic E-state index is -0.0884. The number of aryl methyl sites for hydroxylation is 1. The van der Waals surface area contributed by atoms with Crippen LogP contribution in [0.4, 0.5) is 0 Å². The number of aliphatic hydroxyl groups is 1. The third kappa shape index (κ3) is 4.30. The predicted molar refractivity (Wildman–Crippen MR) is 82.4 cm³/mol. The Bertz CT molecular complexity index is 611. The van der Waals surface area contributed by atoms with Crippen LogP contribution in [0, 0.1) is 0 Å². The smallest absolute Gasteiger partial charge is 0.162 e. The Hall–Kier alpha value is -2.40. The SMILES string of the molecule is CCc1ccc(COc2cc(C=O)ccc2OCCO)nc1. The van der Waals surface area contributed by atoms with Gasteiger partial charge in [-0.1, -0.05) is 13.0 Å². The standard InChI is InChI=1S/C17H19NO4/c1-2-13-3-5-15(18-10-13)12-22-17-9-14(11-20)4-6-16(17)21-8-7-19/h3-6,9-11,19H,2,7-8,12H2,1H3. The van der Waals surface area contributed by atoms with Crippen LogP contribution in [0.3, 0.4) is 0 Å². The minimum Gasteiger partial charge on any atom is -0.487 e. The van der Waals surface area contributed by atoms with Gasteiger partial charge in [0.15, 0.2) is 11.5 Å². The highest BCUT2D eigenvalue weighted by atomic mass is 16.5. The molecule has 0 bridgehead atoms. The summed E-state index contributed by atoms with van der Waals surface area (Å²) in [6.45, 7) is 2.43. The maximum atomic E-state index is 10.9. The summed E-state index contributed by atoms with van der Waals surface area (Å²) in [5.74, 6) is 0.948. The van der Waals surface area contributed by atoms with Gasteiger partial charge in [0.05, 0.1) is 12.3 Å². The fraction of sp³-hybridized carbons (Fsp3) is 0.294. The monoisotopic (exact) mass is 301 g/mol. The second kappa shape index (κ2) is 8.14. The van der Waals surface area contributed by atoms with Crippen LogP contribution in [-0.4, -0.2) is 29.6 Å². The number of hydrogen-bond donors (Lipinski definition) is 1. The molecule has 0 amide bonds. The Morgan fingerprint density at radius 3 is 2.68 bits per heavy atom. The summed E-state index contributed by atoms with van der Waals surface area (Å²) in [4.78, 5) is 15.2. The van der Waals surface area contributed by atoms with Gasteiger partial charge >= 0.3 is 0 Å². The summed E-state index contributed by atoms with van der Waals surface area (Å²) in [6, 6.07) is 8.83. The lowest BCUT2D eigenvalue weighted by Crippen LogP contribution is -2.05. The third-order valence-electron chi connectivity index (χ3n) is 3.12. The van der Waals surface area contributed by atoms with Crippen molar-refractivity contribution in [1.82, 2.24) is 4.98 Å². The predicted octanol–water partition coefficient (Wildman–Crippen LogP) is 2.41. The molecule has 0 aliphatic rings. The molecule has 1 N–H and O–H groups in total. The van der Waals surface area contributed by atoms with Crippen molar-refractivity contribution in [1.29, 1.82) is 0 Å². The summed E-state index contributed by atoms with van der Waals surface area (Å²) in [5.41, 5.74) is 2.46. The molecule has 0 atom stereocenters. The van der Waals surface area contributed by atoms with E-state index in [1.165, 1.54) is 5.56 Å². The van der Waals surface area contributed by atoms with Crippen LogP contribution in [0.5, 0.6) is 11.5 Å². The van der Waals surface area contributed by atoms with E-state index in [4.69, 9.17) is 14.6 Å². The molecule has 5 heteroatoms. The second-order valence-electron chi connectivity index (χ2n) is 4.70. The number of pyridine rings is 1. The van der Waals surface area contributed by atoms with Crippen molar-refractivity contribution in [2.24, 2.45) is 0 Å². The van der Waals surface area contributed by atoms with Gasteiger partial charge in [-0.3, -0.25) is 9.78 Å². The first kappa shape index (κ1) is 16.0. The van der Waals surface area contributed by atoms with E-state index in [0.717, 1.165) is 18.4 Å². The number of ether oxygens (including phenoxy) is 2. The Morgan fingerprint density at radius 2 is 2.05 bits per heavy atom. The molecule has 0 saturated heterocycles. The number of aliphatic hydroxyl groups excluding tert-OH is 1. The molecule has 1 aromatic heterocycles. The number of carbonyl (C=O) groups is 1. The lowest BCUT2D eigenvalue weighted by molar-refractivity contribution is 0.112. The van der Waals surface area contributed by atoms with Crippen molar-refractivity contribution in [2.75, 3.05) is 13.2 Å². The van der Waals surface area contributed by atoms with E-state index >= 15 is 0 Å². The molecule has 116 valence electrons. The molecule has 0 radical (unpaired) electrons. The Morgan fingerprint density at radius 1 is 1.18 bits per heavy atom. The first-order valence-corrected chi connectivity index (χ1v) is 7.16. The van der Waals surface area contributed by atoms with E-state index in [0.29, 0.717) is 17.1 Å². The quantitative estimate of drug-likeness (QED) is 0.758. The van der Waals surface area contributed by atoms with E-state index in [1.54, 1.807) is 18.2 Å². The zero-order chi connectivity index (χ0) is 15.8. The number of carbonyl (C=O) groups excluding carboxylic acids is 1. The molecule has 1 heterocycles.